The second-order valence-corrected chi connectivity index (χ2v) is 4.26. The first-order chi connectivity index (χ1) is 7.22. The predicted octanol–water partition coefficient (Wildman–Crippen LogP) is 3.20. The molecule has 1 saturated heterocycles. The monoisotopic (exact) mass is 274 g/mol. The van der Waals surface area contributed by atoms with Crippen LogP contribution >= 0.6 is 15.9 Å². The molecular formula is C11H12BrFO2. The van der Waals surface area contributed by atoms with Gasteiger partial charge in [0.15, 0.2) is 6.29 Å². The third kappa shape index (κ3) is 2.22. The van der Waals surface area contributed by atoms with Crippen LogP contribution in [0.15, 0.2) is 16.6 Å². The van der Waals surface area contributed by atoms with E-state index in [1.807, 2.05) is 6.92 Å². The summed E-state index contributed by atoms with van der Waals surface area (Å²) >= 11 is 3.20. The van der Waals surface area contributed by atoms with E-state index in [0.717, 1.165) is 12.0 Å². The molecule has 82 valence electrons. The Labute approximate surface area is 96.5 Å². The summed E-state index contributed by atoms with van der Waals surface area (Å²) in [5.74, 6) is -0.292. The Kier molecular flexibility index (Phi) is 3.38. The maximum absolute atomic E-state index is 13.8. The summed E-state index contributed by atoms with van der Waals surface area (Å²) in [5.41, 5.74) is 1.55. The lowest BCUT2D eigenvalue weighted by Crippen LogP contribution is -2.03. The largest absolute Gasteiger partial charge is 0.346 e. The fourth-order valence-corrected chi connectivity index (χ4v) is 2.11. The molecule has 1 aromatic rings. The van der Waals surface area contributed by atoms with E-state index in [2.05, 4.69) is 15.9 Å². The highest BCUT2D eigenvalue weighted by Gasteiger charge is 2.23. The predicted molar refractivity (Wildman–Crippen MR) is 58.1 cm³/mol. The number of ether oxygens (including phenoxy) is 2. The van der Waals surface area contributed by atoms with E-state index in [4.69, 9.17) is 9.47 Å². The average molecular weight is 275 g/mol. The molecule has 1 aromatic carbocycles. The minimum atomic E-state index is -0.548. The molecule has 4 heteroatoms. The highest BCUT2D eigenvalue weighted by Crippen LogP contribution is 2.30. The molecule has 0 radical (unpaired) electrons. The molecule has 0 amide bonds. The quantitative estimate of drug-likeness (QED) is 0.825. The van der Waals surface area contributed by atoms with Crippen LogP contribution in [0.5, 0.6) is 0 Å². The van der Waals surface area contributed by atoms with Crippen LogP contribution in [-0.2, 0) is 15.9 Å². The van der Waals surface area contributed by atoms with Crippen molar-refractivity contribution in [2.45, 2.75) is 19.6 Å². The van der Waals surface area contributed by atoms with Crippen LogP contribution in [0.4, 0.5) is 4.39 Å². The van der Waals surface area contributed by atoms with Crippen molar-refractivity contribution < 1.29 is 13.9 Å². The van der Waals surface area contributed by atoms with Crippen LogP contribution in [0.25, 0.3) is 0 Å². The van der Waals surface area contributed by atoms with Gasteiger partial charge < -0.3 is 9.47 Å². The first kappa shape index (κ1) is 11.0. The fraction of sp³-hybridized carbons (Fsp3) is 0.455. The topological polar surface area (TPSA) is 18.5 Å². The van der Waals surface area contributed by atoms with Gasteiger partial charge in [0.25, 0.3) is 0 Å². The van der Waals surface area contributed by atoms with Crippen molar-refractivity contribution in [3.63, 3.8) is 0 Å². The smallest absolute Gasteiger partial charge is 0.186 e. The van der Waals surface area contributed by atoms with Crippen molar-refractivity contribution in [1.29, 1.82) is 0 Å². The third-order valence-corrected chi connectivity index (χ3v) is 2.98. The molecule has 1 aliphatic rings. The van der Waals surface area contributed by atoms with Crippen molar-refractivity contribution >= 4 is 15.9 Å². The van der Waals surface area contributed by atoms with E-state index in [1.54, 1.807) is 12.1 Å². The summed E-state index contributed by atoms with van der Waals surface area (Å²) in [6, 6.07) is 3.59. The van der Waals surface area contributed by atoms with Gasteiger partial charge >= 0.3 is 0 Å². The van der Waals surface area contributed by atoms with E-state index >= 15 is 0 Å². The molecule has 0 N–H and O–H groups in total. The molecule has 1 fully saturated rings. The van der Waals surface area contributed by atoms with Gasteiger partial charge in [-0.1, -0.05) is 6.92 Å². The first-order valence-electron chi connectivity index (χ1n) is 4.93. The summed E-state index contributed by atoms with van der Waals surface area (Å²) in [7, 11) is 0. The van der Waals surface area contributed by atoms with Crippen molar-refractivity contribution in [1.82, 2.24) is 0 Å². The van der Waals surface area contributed by atoms with Crippen LogP contribution in [0.2, 0.25) is 0 Å². The van der Waals surface area contributed by atoms with Gasteiger partial charge in [0, 0.05) is 5.56 Å². The SMILES string of the molecule is CCc1cc(Br)c(F)c(C2OCCO2)c1. The van der Waals surface area contributed by atoms with Gasteiger partial charge in [0.2, 0.25) is 0 Å². The Balaban J connectivity index is 2.39. The van der Waals surface area contributed by atoms with Crippen LogP contribution in [0, 0.1) is 5.82 Å². The van der Waals surface area contributed by atoms with Crippen LogP contribution in [0.1, 0.15) is 24.3 Å². The van der Waals surface area contributed by atoms with Gasteiger partial charge in [-0.05, 0) is 40.0 Å². The van der Waals surface area contributed by atoms with Crippen molar-refractivity contribution in [2.24, 2.45) is 0 Å². The number of hydrogen-bond donors (Lipinski definition) is 0. The molecule has 15 heavy (non-hydrogen) atoms. The van der Waals surface area contributed by atoms with Crippen LogP contribution in [-0.4, -0.2) is 13.2 Å². The maximum Gasteiger partial charge on any atom is 0.186 e. The molecule has 0 aromatic heterocycles. The zero-order valence-corrected chi connectivity index (χ0v) is 10.0. The lowest BCUT2D eigenvalue weighted by Gasteiger charge is -2.13. The van der Waals surface area contributed by atoms with E-state index in [1.165, 1.54) is 0 Å². The van der Waals surface area contributed by atoms with Gasteiger partial charge in [0.1, 0.15) is 5.82 Å². The number of hydrogen-bond acceptors (Lipinski definition) is 2. The van der Waals surface area contributed by atoms with Crippen molar-refractivity contribution in [2.75, 3.05) is 13.2 Å². The highest BCUT2D eigenvalue weighted by molar-refractivity contribution is 9.10. The van der Waals surface area contributed by atoms with E-state index in [9.17, 15) is 4.39 Å². The molecule has 0 atom stereocenters. The Morgan fingerprint density at radius 2 is 2.07 bits per heavy atom. The second kappa shape index (κ2) is 4.60. The van der Waals surface area contributed by atoms with Gasteiger partial charge in [-0.3, -0.25) is 0 Å². The molecule has 0 bridgehead atoms. The highest BCUT2D eigenvalue weighted by atomic mass is 79.9. The van der Waals surface area contributed by atoms with Gasteiger partial charge in [-0.25, -0.2) is 4.39 Å². The lowest BCUT2D eigenvalue weighted by molar-refractivity contribution is -0.0465. The van der Waals surface area contributed by atoms with Crippen LogP contribution in [0.3, 0.4) is 0 Å². The average Bonchev–Trinajstić information content (AvgIpc) is 2.75. The van der Waals surface area contributed by atoms with Crippen LogP contribution < -0.4 is 0 Å². The fourth-order valence-electron chi connectivity index (χ4n) is 1.58. The normalized spacial score (nSPS) is 17.3. The number of benzene rings is 1. The van der Waals surface area contributed by atoms with Crippen molar-refractivity contribution in [3.8, 4) is 0 Å². The minimum absolute atomic E-state index is 0.292. The van der Waals surface area contributed by atoms with E-state index < -0.39 is 6.29 Å². The summed E-state index contributed by atoms with van der Waals surface area (Å²) in [4.78, 5) is 0. The zero-order chi connectivity index (χ0) is 10.8. The Bertz CT molecular complexity index is 362. The molecule has 0 saturated carbocycles. The first-order valence-corrected chi connectivity index (χ1v) is 5.72. The van der Waals surface area contributed by atoms with E-state index in [-0.39, 0.29) is 5.82 Å². The third-order valence-electron chi connectivity index (χ3n) is 2.40. The van der Waals surface area contributed by atoms with Gasteiger partial charge in [0.05, 0.1) is 17.7 Å². The molecule has 0 unspecified atom stereocenters. The number of rotatable bonds is 2. The summed E-state index contributed by atoms with van der Waals surface area (Å²) in [6.07, 6.45) is 0.311. The van der Waals surface area contributed by atoms with Gasteiger partial charge in [-0.2, -0.15) is 0 Å². The van der Waals surface area contributed by atoms with Crippen molar-refractivity contribution in [3.05, 3.63) is 33.5 Å². The standard InChI is InChI=1S/C11H12BrFO2/c1-2-7-5-8(10(13)9(12)6-7)11-14-3-4-15-11/h5-6,11H,2-4H2,1H3. The molecule has 0 spiro atoms. The molecule has 1 heterocycles. The van der Waals surface area contributed by atoms with Gasteiger partial charge in [-0.15, -0.1) is 0 Å². The Morgan fingerprint density at radius 1 is 1.40 bits per heavy atom. The number of aryl methyl sites for hydroxylation is 1. The number of halogens is 2. The molecule has 2 rings (SSSR count). The zero-order valence-electron chi connectivity index (χ0n) is 8.43. The molecule has 0 aliphatic carbocycles. The molecule has 1 aliphatic heterocycles. The van der Waals surface area contributed by atoms with E-state index in [0.29, 0.717) is 23.2 Å². The second-order valence-electron chi connectivity index (χ2n) is 3.41. The lowest BCUT2D eigenvalue weighted by atomic mass is 10.1. The maximum atomic E-state index is 13.8. The summed E-state index contributed by atoms with van der Waals surface area (Å²) in [6.45, 7) is 3.08. The summed E-state index contributed by atoms with van der Waals surface area (Å²) < 4.78 is 24.8. The Hall–Kier alpha value is -0.450. The Morgan fingerprint density at radius 3 is 2.67 bits per heavy atom. The minimum Gasteiger partial charge on any atom is -0.346 e. The summed E-state index contributed by atoms with van der Waals surface area (Å²) in [5, 5.41) is 0. The molecular weight excluding hydrogens is 263 g/mol. The molecule has 2 nitrogen and oxygen atoms in total.